The van der Waals surface area contributed by atoms with Crippen LogP contribution in [-0.2, 0) is 6.54 Å². The highest BCUT2D eigenvalue weighted by atomic mass is 16.5. The molecule has 0 amide bonds. The van der Waals surface area contributed by atoms with Gasteiger partial charge in [-0.15, -0.1) is 10.2 Å². The fourth-order valence-electron chi connectivity index (χ4n) is 3.87. The molecule has 5 aromatic heterocycles. The minimum absolute atomic E-state index is 0.343. The van der Waals surface area contributed by atoms with E-state index in [1.54, 1.807) is 30.1 Å². The van der Waals surface area contributed by atoms with E-state index in [1.807, 2.05) is 36.4 Å². The first-order valence-corrected chi connectivity index (χ1v) is 10.6. The molecule has 5 heterocycles. The lowest BCUT2D eigenvalue weighted by molar-refractivity contribution is 0.194. The Morgan fingerprint density at radius 2 is 2.00 bits per heavy atom. The number of carboxylic acid groups (broad SMARTS) is 1. The van der Waals surface area contributed by atoms with Crippen molar-refractivity contribution in [3.63, 3.8) is 0 Å². The Balaban J connectivity index is 1.33. The Bertz CT molecular complexity index is 1740. The smallest absolute Gasteiger partial charge is 0.432 e. The van der Waals surface area contributed by atoms with Crippen molar-refractivity contribution in [2.75, 3.05) is 12.4 Å². The van der Waals surface area contributed by atoms with Crippen molar-refractivity contribution >= 4 is 39.4 Å². The van der Waals surface area contributed by atoms with Crippen LogP contribution in [0.1, 0.15) is 5.82 Å². The quantitative estimate of drug-likeness (QED) is 0.387. The first-order valence-electron chi connectivity index (χ1n) is 10.6. The van der Waals surface area contributed by atoms with Gasteiger partial charge < -0.3 is 15.2 Å². The molecule has 6 aromatic rings. The third kappa shape index (κ3) is 3.53. The van der Waals surface area contributed by atoms with Crippen LogP contribution in [0.25, 0.3) is 38.8 Å². The molecule has 0 atom stereocenters. The van der Waals surface area contributed by atoms with Gasteiger partial charge in [-0.1, -0.05) is 12.1 Å². The zero-order valence-corrected chi connectivity index (χ0v) is 18.3. The molecule has 0 saturated carbocycles. The highest BCUT2D eigenvalue weighted by Crippen LogP contribution is 2.25. The number of fused-ring (bicyclic) bond motifs is 3. The van der Waals surface area contributed by atoms with Gasteiger partial charge in [-0.05, 0) is 24.3 Å². The predicted octanol–water partition coefficient (Wildman–Crippen LogP) is 3.23. The maximum Gasteiger partial charge on any atom is 0.432 e. The number of hydrogen-bond acceptors (Lipinski definition) is 9. The second kappa shape index (κ2) is 8.02. The molecule has 172 valence electrons. The molecule has 0 saturated heterocycles. The Morgan fingerprint density at radius 1 is 1.09 bits per heavy atom. The SMILES string of the molecule is COc1cnc2c(NCc3nnc4ccc(-c5ccc6cnn(C(=O)O)c6c5)nn34)ccnc2c1. The van der Waals surface area contributed by atoms with Crippen molar-refractivity contribution < 1.29 is 14.6 Å². The number of benzene rings is 1. The number of pyridine rings is 2. The standard InChI is InChI=1S/C23H17N9O3/c1-35-15-9-18-22(26-11-15)17(6-7-24-18)25-12-21-29-28-20-5-4-16(30-32(20)21)13-2-3-14-10-27-31(23(33)34)19(14)8-13/h2-11H,12H2,1H3,(H,24,25)(H,33,34). The first-order chi connectivity index (χ1) is 17.1. The van der Waals surface area contributed by atoms with Gasteiger partial charge in [0.05, 0.1) is 48.5 Å². The molecule has 0 spiro atoms. The van der Waals surface area contributed by atoms with Crippen LogP contribution < -0.4 is 10.1 Å². The number of rotatable bonds is 5. The van der Waals surface area contributed by atoms with E-state index in [1.165, 1.54) is 6.20 Å². The minimum Gasteiger partial charge on any atom is -0.495 e. The monoisotopic (exact) mass is 467 g/mol. The number of aromatic nitrogens is 8. The number of methoxy groups -OCH3 is 1. The van der Waals surface area contributed by atoms with Crippen LogP contribution in [0, 0.1) is 0 Å². The van der Waals surface area contributed by atoms with Crippen LogP contribution in [0.2, 0.25) is 0 Å². The van der Waals surface area contributed by atoms with Crippen molar-refractivity contribution in [2.24, 2.45) is 0 Å². The van der Waals surface area contributed by atoms with Crippen LogP contribution in [0.5, 0.6) is 5.75 Å². The third-order valence-electron chi connectivity index (χ3n) is 5.60. The van der Waals surface area contributed by atoms with E-state index < -0.39 is 6.09 Å². The molecular weight excluding hydrogens is 450 g/mol. The Labute approximate surface area is 196 Å². The highest BCUT2D eigenvalue weighted by molar-refractivity contribution is 5.90. The van der Waals surface area contributed by atoms with Crippen LogP contribution >= 0.6 is 0 Å². The van der Waals surface area contributed by atoms with Gasteiger partial charge in [0.25, 0.3) is 0 Å². The molecule has 2 N–H and O–H groups in total. The van der Waals surface area contributed by atoms with Gasteiger partial charge >= 0.3 is 6.09 Å². The Kier molecular flexibility index (Phi) is 4.69. The summed E-state index contributed by atoms with van der Waals surface area (Å²) >= 11 is 0. The topological polar surface area (TPSA) is 145 Å². The number of nitrogens with one attached hydrogen (secondary N) is 1. The Morgan fingerprint density at radius 3 is 2.86 bits per heavy atom. The van der Waals surface area contributed by atoms with E-state index in [0.29, 0.717) is 46.0 Å². The van der Waals surface area contributed by atoms with Gasteiger partial charge in [0.1, 0.15) is 11.3 Å². The second-order valence-corrected chi connectivity index (χ2v) is 7.67. The lowest BCUT2D eigenvalue weighted by Gasteiger charge is -2.09. The zero-order valence-electron chi connectivity index (χ0n) is 18.3. The van der Waals surface area contributed by atoms with Gasteiger partial charge in [0.15, 0.2) is 11.5 Å². The van der Waals surface area contributed by atoms with Crippen molar-refractivity contribution in [1.82, 2.24) is 39.6 Å². The van der Waals surface area contributed by atoms with Crippen LogP contribution in [0.4, 0.5) is 10.5 Å². The number of carbonyl (C=O) groups is 1. The third-order valence-corrected chi connectivity index (χ3v) is 5.60. The van der Waals surface area contributed by atoms with E-state index in [0.717, 1.165) is 21.3 Å². The van der Waals surface area contributed by atoms with E-state index in [2.05, 4.69) is 30.6 Å². The summed E-state index contributed by atoms with van der Waals surface area (Å²) in [5.74, 6) is 1.23. The van der Waals surface area contributed by atoms with Crippen molar-refractivity contribution in [3.05, 3.63) is 66.9 Å². The number of nitrogens with zero attached hydrogens (tertiary/aromatic N) is 8. The molecule has 0 fully saturated rings. The van der Waals surface area contributed by atoms with E-state index in [-0.39, 0.29) is 0 Å². The molecule has 12 heteroatoms. The van der Waals surface area contributed by atoms with Gasteiger partial charge in [0.2, 0.25) is 0 Å². The normalized spacial score (nSPS) is 11.3. The summed E-state index contributed by atoms with van der Waals surface area (Å²) in [4.78, 5) is 20.3. The van der Waals surface area contributed by atoms with E-state index >= 15 is 0 Å². The van der Waals surface area contributed by atoms with Crippen molar-refractivity contribution in [1.29, 1.82) is 0 Å². The number of anilines is 1. The second-order valence-electron chi connectivity index (χ2n) is 7.67. The maximum absolute atomic E-state index is 11.5. The molecule has 6 rings (SSSR count). The molecule has 35 heavy (non-hydrogen) atoms. The lowest BCUT2D eigenvalue weighted by atomic mass is 10.1. The average molecular weight is 467 g/mol. The number of hydrogen-bond donors (Lipinski definition) is 2. The maximum atomic E-state index is 11.5. The average Bonchev–Trinajstić information content (AvgIpc) is 3.50. The van der Waals surface area contributed by atoms with Gasteiger partial charge in [-0.2, -0.15) is 19.4 Å². The summed E-state index contributed by atoms with van der Waals surface area (Å²) in [6, 6.07) is 12.7. The molecule has 0 unspecified atom stereocenters. The largest absolute Gasteiger partial charge is 0.495 e. The molecule has 1 aromatic carbocycles. The molecule has 0 bridgehead atoms. The fraction of sp³-hybridized carbons (Fsp3) is 0.0870. The molecular formula is C23H17N9O3. The van der Waals surface area contributed by atoms with Crippen molar-refractivity contribution in [2.45, 2.75) is 6.54 Å². The molecule has 0 radical (unpaired) electrons. The fourth-order valence-corrected chi connectivity index (χ4v) is 3.87. The summed E-state index contributed by atoms with van der Waals surface area (Å²) in [5.41, 5.74) is 4.66. The van der Waals surface area contributed by atoms with Gasteiger partial charge in [-0.3, -0.25) is 4.98 Å². The molecule has 0 aliphatic rings. The molecule has 0 aliphatic carbocycles. The highest BCUT2D eigenvalue weighted by Gasteiger charge is 2.13. The van der Waals surface area contributed by atoms with Crippen LogP contribution in [0.3, 0.4) is 0 Å². The Hall–Kier alpha value is -5.13. The molecule has 0 aliphatic heterocycles. The number of ether oxygens (including phenoxy) is 1. The zero-order chi connectivity index (χ0) is 23.9. The van der Waals surface area contributed by atoms with Gasteiger partial charge in [-0.25, -0.2) is 9.78 Å². The predicted molar refractivity (Wildman–Crippen MR) is 126 cm³/mol. The summed E-state index contributed by atoms with van der Waals surface area (Å²) < 4.78 is 7.82. The van der Waals surface area contributed by atoms with E-state index in [9.17, 15) is 9.90 Å². The van der Waals surface area contributed by atoms with Crippen LogP contribution in [0.15, 0.2) is 61.1 Å². The summed E-state index contributed by atoms with van der Waals surface area (Å²) in [6.45, 7) is 0.343. The summed E-state index contributed by atoms with van der Waals surface area (Å²) in [6.07, 6.45) is 3.70. The van der Waals surface area contributed by atoms with Gasteiger partial charge in [0, 0.05) is 23.2 Å². The summed E-state index contributed by atoms with van der Waals surface area (Å²) in [7, 11) is 1.58. The lowest BCUT2D eigenvalue weighted by Crippen LogP contribution is -2.09. The van der Waals surface area contributed by atoms with Crippen molar-refractivity contribution in [3.8, 4) is 17.0 Å². The summed E-state index contributed by atoms with van der Waals surface area (Å²) in [5, 5.41) is 30.5. The van der Waals surface area contributed by atoms with E-state index in [4.69, 9.17) is 9.84 Å². The molecule has 12 nitrogen and oxygen atoms in total. The van der Waals surface area contributed by atoms with Crippen LogP contribution in [-0.4, -0.2) is 57.9 Å². The minimum atomic E-state index is -1.15. The first kappa shape index (κ1) is 20.5.